The standard InChI is InChI=1S/C14H22N4/c1-5-16-12(3)13-6-7-14(17-9-13)18(4)10-11(2)8-15/h6-7,9,11-12,16H,5,10H2,1-4H3. The van der Waals surface area contributed by atoms with Gasteiger partial charge in [0.25, 0.3) is 0 Å². The Morgan fingerprint density at radius 1 is 1.44 bits per heavy atom. The van der Waals surface area contributed by atoms with E-state index in [9.17, 15) is 0 Å². The van der Waals surface area contributed by atoms with E-state index < -0.39 is 0 Å². The Labute approximate surface area is 110 Å². The summed E-state index contributed by atoms with van der Waals surface area (Å²) in [5, 5.41) is 12.2. The molecule has 0 saturated carbocycles. The molecule has 0 aromatic carbocycles. The smallest absolute Gasteiger partial charge is 0.128 e. The van der Waals surface area contributed by atoms with E-state index in [-0.39, 0.29) is 5.92 Å². The molecule has 1 heterocycles. The van der Waals surface area contributed by atoms with Crippen LogP contribution in [0.1, 0.15) is 32.4 Å². The quantitative estimate of drug-likeness (QED) is 0.837. The molecular weight excluding hydrogens is 224 g/mol. The van der Waals surface area contributed by atoms with Gasteiger partial charge in [0.1, 0.15) is 5.82 Å². The summed E-state index contributed by atoms with van der Waals surface area (Å²) in [6.07, 6.45) is 1.90. The highest BCUT2D eigenvalue weighted by molar-refractivity contribution is 5.39. The number of hydrogen-bond acceptors (Lipinski definition) is 4. The van der Waals surface area contributed by atoms with E-state index in [1.54, 1.807) is 0 Å². The Kier molecular flexibility index (Phi) is 5.60. The van der Waals surface area contributed by atoms with Crippen LogP contribution in [0.5, 0.6) is 0 Å². The first-order valence-electron chi connectivity index (χ1n) is 6.38. The van der Waals surface area contributed by atoms with Crippen molar-refractivity contribution < 1.29 is 0 Å². The minimum atomic E-state index is 0.0113. The first-order valence-corrected chi connectivity index (χ1v) is 6.38. The fraction of sp³-hybridized carbons (Fsp3) is 0.571. The predicted octanol–water partition coefficient (Wildman–Crippen LogP) is 2.35. The van der Waals surface area contributed by atoms with Crippen LogP contribution < -0.4 is 10.2 Å². The van der Waals surface area contributed by atoms with Gasteiger partial charge in [0, 0.05) is 25.8 Å². The van der Waals surface area contributed by atoms with E-state index >= 15 is 0 Å². The van der Waals surface area contributed by atoms with Crippen LogP contribution in [0, 0.1) is 17.2 Å². The molecule has 0 spiro atoms. The average Bonchev–Trinajstić information content (AvgIpc) is 2.39. The van der Waals surface area contributed by atoms with Gasteiger partial charge in [-0.2, -0.15) is 5.26 Å². The highest BCUT2D eigenvalue weighted by atomic mass is 15.2. The van der Waals surface area contributed by atoms with Gasteiger partial charge in [-0.3, -0.25) is 0 Å². The van der Waals surface area contributed by atoms with Crippen LogP contribution in [-0.2, 0) is 0 Å². The summed E-state index contributed by atoms with van der Waals surface area (Å²) in [5.74, 6) is 0.918. The maximum atomic E-state index is 8.80. The normalized spacial score (nSPS) is 13.7. The number of anilines is 1. The topological polar surface area (TPSA) is 52.0 Å². The average molecular weight is 246 g/mol. The zero-order chi connectivity index (χ0) is 13.5. The number of aromatic nitrogens is 1. The zero-order valence-electron chi connectivity index (χ0n) is 11.6. The summed E-state index contributed by atoms with van der Waals surface area (Å²) in [5.41, 5.74) is 1.18. The van der Waals surface area contributed by atoms with Gasteiger partial charge in [0.15, 0.2) is 0 Å². The molecule has 0 aliphatic rings. The number of rotatable bonds is 6. The Bertz CT molecular complexity index is 393. The van der Waals surface area contributed by atoms with E-state index in [4.69, 9.17) is 5.26 Å². The minimum absolute atomic E-state index is 0.0113. The minimum Gasteiger partial charge on any atom is -0.358 e. The lowest BCUT2D eigenvalue weighted by atomic mass is 10.1. The lowest BCUT2D eigenvalue weighted by Crippen LogP contribution is -2.24. The molecule has 0 bridgehead atoms. The molecule has 2 atom stereocenters. The fourth-order valence-corrected chi connectivity index (χ4v) is 1.85. The largest absolute Gasteiger partial charge is 0.358 e. The van der Waals surface area contributed by atoms with Crippen molar-refractivity contribution in [2.45, 2.75) is 26.8 Å². The van der Waals surface area contributed by atoms with Gasteiger partial charge < -0.3 is 10.2 Å². The van der Waals surface area contributed by atoms with Gasteiger partial charge in [-0.15, -0.1) is 0 Å². The zero-order valence-corrected chi connectivity index (χ0v) is 11.6. The third-order valence-electron chi connectivity index (χ3n) is 2.94. The number of nitriles is 1. The Hall–Kier alpha value is -1.60. The monoisotopic (exact) mass is 246 g/mol. The van der Waals surface area contributed by atoms with Crippen molar-refractivity contribution in [1.29, 1.82) is 5.26 Å². The maximum Gasteiger partial charge on any atom is 0.128 e. The predicted molar refractivity (Wildman–Crippen MR) is 74.4 cm³/mol. The van der Waals surface area contributed by atoms with Crippen molar-refractivity contribution in [3.05, 3.63) is 23.9 Å². The summed E-state index contributed by atoms with van der Waals surface area (Å²) >= 11 is 0. The molecule has 0 fully saturated rings. The Morgan fingerprint density at radius 2 is 2.17 bits per heavy atom. The van der Waals surface area contributed by atoms with Crippen molar-refractivity contribution >= 4 is 5.82 Å². The molecule has 1 N–H and O–H groups in total. The van der Waals surface area contributed by atoms with Gasteiger partial charge in [-0.25, -0.2) is 4.98 Å². The van der Waals surface area contributed by atoms with Crippen LogP contribution >= 0.6 is 0 Å². The summed E-state index contributed by atoms with van der Waals surface area (Å²) < 4.78 is 0. The summed E-state index contributed by atoms with van der Waals surface area (Å²) in [6.45, 7) is 7.78. The van der Waals surface area contributed by atoms with E-state index in [0.717, 1.165) is 12.4 Å². The second kappa shape index (κ2) is 6.97. The molecule has 0 aliphatic heterocycles. The van der Waals surface area contributed by atoms with Gasteiger partial charge in [-0.05, 0) is 32.0 Å². The van der Waals surface area contributed by atoms with Crippen LogP contribution in [-0.4, -0.2) is 25.1 Å². The molecule has 0 amide bonds. The first kappa shape index (κ1) is 14.5. The second-order valence-electron chi connectivity index (χ2n) is 4.64. The summed E-state index contributed by atoms with van der Waals surface area (Å²) in [4.78, 5) is 6.46. The van der Waals surface area contributed by atoms with Crippen LogP contribution in [0.25, 0.3) is 0 Å². The van der Waals surface area contributed by atoms with E-state index in [2.05, 4.69) is 36.3 Å². The van der Waals surface area contributed by atoms with Gasteiger partial charge >= 0.3 is 0 Å². The molecule has 0 radical (unpaired) electrons. The van der Waals surface area contributed by atoms with Crippen molar-refractivity contribution in [1.82, 2.24) is 10.3 Å². The molecule has 4 nitrogen and oxygen atoms in total. The lowest BCUT2D eigenvalue weighted by Gasteiger charge is -2.20. The molecule has 1 aromatic rings. The van der Waals surface area contributed by atoms with Crippen LogP contribution in [0.3, 0.4) is 0 Å². The molecule has 1 rings (SSSR count). The first-order chi connectivity index (χ1) is 8.58. The molecule has 0 aliphatic carbocycles. The number of nitrogens with one attached hydrogen (secondary N) is 1. The number of nitrogens with zero attached hydrogens (tertiary/aromatic N) is 3. The molecule has 0 saturated heterocycles. The van der Waals surface area contributed by atoms with Gasteiger partial charge in [-0.1, -0.05) is 13.0 Å². The molecular formula is C14H22N4. The number of pyridine rings is 1. The fourth-order valence-electron chi connectivity index (χ4n) is 1.85. The Morgan fingerprint density at radius 3 is 2.67 bits per heavy atom. The summed E-state index contributed by atoms with van der Waals surface area (Å²) in [7, 11) is 1.96. The molecule has 2 unspecified atom stereocenters. The van der Waals surface area contributed by atoms with Crippen molar-refractivity contribution in [3.63, 3.8) is 0 Å². The number of hydrogen-bond donors (Lipinski definition) is 1. The van der Waals surface area contributed by atoms with Crippen LogP contribution in [0.15, 0.2) is 18.3 Å². The third kappa shape index (κ3) is 4.01. The van der Waals surface area contributed by atoms with Crippen LogP contribution in [0.4, 0.5) is 5.82 Å². The van der Waals surface area contributed by atoms with Crippen molar-refractivity contribution in [3.8, 4) is 6.07 Å². The maximum absolute atomic E-state index is 8.80. The van der Waals surface area contributed by atoms with Gasteiger partial charge in [0.05, 0.1) is 12.0 Å². The van der Waals surface area contributed by atoms with E-state index in [1.807, 2.05) is 31.1 Å². The van der Waals surface area contributed by atoms with Crippen LogP contribution in [0.2, 0.25) is 0 Å². The molecule has 1 aromatic heterocycles. The lowest BCUT2D eigenvalue weighted by molar-refractivity contribution is 0.596. The molecule has 98 valence electrons. The van der Waals surface area contributed by atoms with Crippen molar-refractivity contribution in [2.24, 2.45) is 5.92 Å². The van der Waals surface area contributed by atoms with E-state index in [1.165, 1.54) is 5.56 Å². The third-order valence-corrected chi connectivity index (χ3v) is 2.94. The molecule has 18 heavy (non-hydrogen) atoms. The summed E-state index contributed by atoms with van der Waals surface area (Å²) in [6, 6.07) is 6.65. The molecule has 4 heteroatoms. The second-order valence-corrected chi connectivity index (χ2v) is 4.64. The van der Waals surface area contributed by atoms with E-state index in [0.29, 0.717) is 12.6 Å². The Balaban J connectivity index is 2.68. The van der Waals surface area contributed by atoms with Gasteiger partial charge in [0.2, 0.25) is 0 Å². The highest BCUT2D eigenvalue weighted by Crippen LogP contribution is 2.15. The van der Waals surface area contributed by atoms with Crippen molar-refractivity contribution in [2.75, 3.05) is 25.0 Å². The SMILES string of the molecule is CCNC(C)c1ccc(N(C)CC(C)C#N)nc1. The highest BCUT2D eigenvalue weighted by Gasteiger charge is 2.09.